The van der Waals surface area contributed by atoms with Crippen LogP contribution in [0, 0.1) is 0 Å². The van der Waals surface area contributed by atoms with Crippen molar-refractivity contribution in [3.63, 3.8) is 0 Å². The highest BCUT2D eigenvalue weighted by atomic mass is 32.2. The van der Waals surface area contributed by atoms with E-state index in [0.717, 1.165) is 6.92 Å². The summed E-state index contributed by atoms with van der Waals surface area (Å²) in [6, 6.07) is 0. The molecule has 1 atom stereocenters. The number of nitrogens with one attached hydrogen (secondary N) is 1. The Balaban J connectivity index is 4.15. The molecule has 0 aliphatic carbocycles. The first-order valence-corrected chi connectivity index (χ1v) is 6.73. The van der Waals surface area contributed by atoms with Crippen molar-refractivity contribution in [1.82, 2.24) is 5.32 Å². The fourth-order valence-corrected chi connectivity index (χ4v) is 1.98. The van der Waals surface area contributed by atoms with E-state index in [0.29, 0.717) is 19.6 Å². The Bertz CT molecular complexity index is 364. The molecule has 0 saturated carbocycles. The third-order valence-electron chi connectivity index (χ3n) is 2.07. The van der Waals surface area contributed by atoms with Crippen molar-refractivity contribution in [2.45, 2.75) is 18.6 Å². The summed E-state index contributed by atoms with van der Waals surface area (Å²) in [7, 11) is -2.43. The van der Waals surface area contributed by atoms with Crippen LogP contribution in [0.4, 0.5) is 0 Å². The van der Waals surface area contributed by atoms with Gasteiger partial charge in [0.2, 0.25) is 5.91 Å². The summed E-state index contributed by atoms with van der Waals surface area (Å²) in [5.41, 5.74) is 0. The molecular formula is C9H17NO6S. The SMILES string of the molecule is COCCCNC(=O)CS(=O)(=O)C(C)C(=O)O. The van der Waals surface area contributed by atoms with Crippen molar-refractivity contribution >= 4 is 21.7 Å². The van der Waals surface area contributed by atoms with Crippen molar-refractivity contribution in [3.05, 3.63) is 0 Å². The van der Waals surface area contributed by atoms with E-state index in [1.165, 1.54) is 7.11 Å². The van der Waals surface area contributed by atoms with Gasteiger partial charge in [-0.1, -0.05) is 0 Å². The molecule has 8 heteroatoms. The summed E-state index contributed by atoms with van der Waals surface area (Å²) in [6.45, 7) is 1.79. The maximum Gasteiger partial charge on any atom is 0.321 e. The predicted octanol–water partition coefficient (Wildman–Crippen LogP) is -0.973. The smallest absolute Gasteiger partial charge is 0.321 e. The number of ether oxygens (including phenoxy) is 1. The van der Waals surface area contributed by atoms with E-state index >= 15 is 0 Å². The molecule has 0 fully saturated rings. The molecule has 0 aliphatic rings. The first-order chi connectivity index (χ1) is 7.81. The predicted molar refractivity (Wildman–Crippen MR) is 60.4 cm³/mol. The third kappa shape index (κ3) is 6.22. The Labute approximate surface area is 100 Å². The van der Waals surface area contributed by atoms with Crippen LogP contribution in [0.3, 0.4) is 0 Å². The molecule has 0 saturated heterocycles. The molecule has 1 amide bonds. The summed E-state index contributed by atoms with van der Waals surface area (Å²) in [5.74, 6) is -2.97. The van der Waals surface area contributed by atoms with Crippen LogP contribution >= 0.6 is 0 Å². The number of hydrogen-bond acceptors (Lipinski definition) is 5. The number of rotatable bonds is 8. The van der Waals surface area contributed by atoms with Gasteiger partial charge in [-0.15, -0.1) is 0 Å². The molecule has 0 aliphatic heterocycles. The van der Waals surface area contributed by atoms with Crippen LogP contribution in [0.1, 0.15) is 13.3 Å². The van der Waals surface area contributed by atoms with Crippen LogP contribution in [0.15, 0.2) is 0 Å². The molecule has 0 aromatic heterocycles. The van der Waals surface area contributed by atoms with E-state index in [1.807, 2.05) is 0 Å². The number of methoxy groups -OCH3 is 1. The number of sulfone groups is 1. The number of carbonyl (C=O) groups excluding carboxylic acids is 1. The topological polar surface area (TPSA) is 110 Å². The Morgan fingerprint density at radius 1 is 1.41 bits per heavy atom. The second-order valence-corrected chi connectivity index (χ2v) is 5.81. The van der Waals surface area contributed by atoms with Gasteiger partial charge in [0.1, 0.15) is 5.75 Å². The first kappa shape index (κ1) is 15.9. The van der Waals surface area contributed by atoms with Crippen LogP contribution in [-0.4, -0.2) is 56.7 Å². The van der Waals surface area contributed by atoms with Crippen molar-refractivity contribution in [3.8, 4) is 0 Å². The zero-order valence-electron chi connectivity index (χ0n) is 9.80. The number of carboxylic acid groups (broad SMARTS) is 1. The highest BCUT2D eigenvalue weighted by Crippen LogP contribution is 2.01. The lowest BCUT2D eigenvalue weighted by molar-refractivity contribution is -0.136. The summed E-state index contributed by atoms with van der Waals surface area (Å²) in [5, 5.41) is 9.35. The summed E-state index contributed by atoms with van der Waals surface area (Å²) < 4.78 is 27.6. The van der Waals surface area contributed by atoms with Gasteiger partial charge in [-0.05, 0) is 13.3 Å². The molecule has 0 spiro atoms. The standard InChI is InChI=1S/C9H17NO6S/c1-7(9(12)13)17(14,15)6-8(11)10-4-3-5-16-2/h7H,3-6H2,1-2H3,(H,10,11)(H,12,13). The number of hydrogen-bond donors (Lipinski definition) is 2. The average molecular weight is 267 g/mol. The van der Waals surface area contributed by atoms with Crippen LogP contribution in [0.2, 0.25) is 0 Å². The second-order valence-electron chi connectivity index (χ2n) is 3.48. The third-order valence-corrected chi connectivity index (χ3v) is 4.01. The Morgan fingerprint density at radius 3 is 2.47 bits per heavy atom. The number of carbonyl (C=O) groups is 2. The van der Waals surface area contributed by atoms with Crippen LogP contribution in [0.25, 0.3) is 0 Å². The summed E-state index contributed by atoms with van der Waals surface area (Å²) in [6.07, 6.45) is 0.566. The van der Waals surface area contributed by atoms with E-state index < -0.39 is 32.7 Å². The lowest BCUT2D eigenvalue weighted by Crippen LogP contribution is -2.37. The minimum absolute atomic E-state index is 0.295. The number of carboxylic acids is 1. The fourth-order valence-electron chi connectivity index (χ4n) is 0.957. The molecule has 2 N–H and O–H groups in total. The van der Waals surface area contributed by atoms with E-state index in [9.17, 15) is 18.0 Å². The molecular weight excluding hydrogens is 250 g/mol. The van der Waals surface area contributed by atoms with Crippen LogP contribution in [-0.2, 0) is 24.2 Å². The zero-order chi connectivity index (χ0) is 13.5. The molecule has 1 unspecified atom stereocenters. The van der Waals surface area contributed by atoms with E-state index in [1.54, 1.807) is 0 Å². The van der Waals surface area contributed by atoms with Crippen molar-refractivity contribution in [2.24, 2.45) is 0 Å². The average Bonchev–Trinajstić information content (AvgIpc) is 2.22. The maximum absolute atomic E-state index is 11.4. The maximum atomic E-state index is 11.4. The van der Waals surface area contributed by atoms with Crippen molar-refractivity contribution < 1.29 is 27.9 Å². The highest BCUT2D eigenvalue weighted by molar-refractivity contribution is 7.93. The molecule has 100 valence electrons. The van der Waals surface area contributed by atoms with Crippen molar-refractivity contribution in [1.29, 1.82) is 0 Å². The summed E-state index contributed by atoms with van der Waals surface area (Å²) in [4.78, 5) is 21.7. The second kappa shape index (κ2) is 7.23. The van der Waals surface area contributed by atoms with Gasteiger partial charge < -0.3 is 15.2 Å². The minimum Gasteiger partial charge on any atom is -0.480 e. The minimum atomic E-state index is -3.94. The largest absolute Gasteiger partial charge is 0.480 e. The van der Waals surface area contributed by atoms with Gasteiger partial charge in [0.05, 0.1) is 0 Å². The first-order valence-electron chi connectivity index (χ1n) is 5.01. The molecule has 0 aromatic rings. The van der Waals surface area contributed by atoms with Crippen LogP contribution in [0.5, 0.6) is 0 Å². The molecule has 17 heavy (non-hydrogen) atoms. The fraction of sp³-hybridized carbons (Fsp3) is 0.778. The quantitative estimate of drug-likeness (QED) is 0.547. The lowest BCUT2D eigenvalue weighted by atomic mass is 10.4. The van der Waals surface area contributed by atoms with Gasteiger partial charge in [0.25, 0.3) is 0 Å². The normalized spacial score (nSPS) is 13.1. The number of amides is 1. The zero-order valence-corrected chi connectivity index (χ0v) is 10.6. The molecule has 0 aromatic carbocycles. The van der Waals surface area contributed by atoms with Gasteiger partial charge in [-0.2, -0.15) is 0 Å². The van der Waals surface area contributed by atoms with E-state index in [-0.39, 0.29) is 0 Å². The molecule has 0 radical (unpaired) electrons. The summed E-state index contributed by atoms with van der Waals surface area (Å²) >= 11 is 0. The highest BCUT2D eigenvalue weighted by Gasteiger charge is 2.29. The Kier molecular flexibility index (Phi) is 6.74. The van der Waals surface area contributed by atoms with Gasteiger partial charge in [0, 0.05) is 20.3 Å². The van der Waals surface area contributed by atoms with Gasteiger partial charge in [-0.3, -0.25) is 9.59 Å². The Hall–Kier alpha value is -1.15. The van der Waals surface area contributed by atoms with Gasteiger partial charge in [0.15, 0.2) is 15.1 Å². The molecule has 7 nitrogen and oxygen atoms in total. The van der Waals surface area contributed by atoms with Gasteiger partial charge in [-0.25, -0.2) is 8.42 Å². The molecule has 0 rings (SSSR count). The van der Waals surface area contributed by atoms with Crippen molar-refractivity contribution in [2.75, 3.05) is 26.0 Å². The van der Waals surface area contributed by atoms with Gasteiger partial charge >= 0.3 is 5.97 Å². The molecule has 0 bridgehead atoms. The molecule has 0 heterocycles. The van der Waals surface area contributed by atoms with E-state index in [4.69, 9.17) is 9.84 Å². The monoisotopic (exact) mass is 267 g/mol. The van der Waals surface area contributed by atoms with E-state index in [2.05, 4.69) is 5.32 Å². The lowest BCUT2D eigenvalue weighted by Gasteiger charge is -2.08. The van der Waals surface area contributed by atoms with Crippen LogP contribution < -0.4 is 5.32 Å². The Morgan fingerprint density at radius 2 is 2.00 bits per heavy atom. The number of aliphatic carboxylic acids is 1.